The minimum absolute atomic E-state index is 0.0145. The standard InChI is InChI=1S/C24H17ClINO2/c25-18-3-1-2-15(11-18)20-13-22(28)27-9-8-16-10-17(12-21(20)23(16)27)24(29)14-4-6-19(26)7-5-14/h1-7,10-12,20H,8-9,13H2. The van der Waals surface area contributed by atoms with E-state index in [2.05, 4.69) is 22.6 Å². The molecule has 0 aliphatic carbocycles. The van der Waals surface area contributed by atoms with Gasteiger partial charge in [-0.25, -0.2) is 0 Å². The summed E-state index contributed by atoms with van der Waals surface area (Å²) in [4.78, 5) is 27.9. The fourth-order valence-corrected chi connectivity index (χ4v) is 4.97. The Morgan fingerprint density at radius 1 is 1.03 bits per heavy atom. The van der Waals surface area contributed by atoms with Gasteiger partial charge >= 0.3 is 0 Å². The third-order valence-electron chi connectivity index (χ3n) is 5.77. The SMILES string of the molecule is O=C(c1ccc(I)cc1)c1cc2c3c(c1)C(c1cccc(Cl)c1)CC(=O)N3CC2. The maximum atomic E-state index is 13.2. The van der Waals surface area contributed by atoms with Crippen molar-refractivity contribution in [1.82, 2.24) is 0 Å². The molecule has 5 rings (SSSR count). The molecule has 0 N–H and O–H groups in total. The van der Waals surface area contributed by atoms with Crippen molar-refractivity contribution in [2.75, 3.05) is 11.4 Å². The van der Waals surface area contributed by atoms with E-state index in [1.807, 2.05) is 65.6 Å². The number of amides is 1. The van der Waals surface area contributed by atoms with Crippen LogP contribution in [-0.4, -0.2) is 18.2 Å². The van der Waals surface area contributed by atoms with Crippen LogP contribution < -0.4 is 4.90 Å². The van der Waals surface area contributed by atoms with Crippen molar-refractivity contribution in [3.05, 3.63) is 97.1 Å². The Labute approximate surface area is 187 Å². The predicted molar refractivity (Wildman–Crippen MR) is 123 cm³/mol. The number of ketones is 1. The molecule has 3 aromatic rings. The van der Waals surface area contributed by atoms with E-state index in [0.29, 0.717) is 29.1 Å². The van der Waals surface area contributed by atoms with E-state index in [-0.39, 0.29) is 17.6 Å². The number of benzene rings is 3. The zero-order valence-electron chi connectivity index (χ0n) is 15.5. The monoisotopic (exact) mass is 513 g/mol. The Morgan fingerprint density at radius 3 is 2.59 bits per heavy atom. The lowest BCUT2D eigenvalue weighted by Gasteiger charge is -2.32. The summed E-state index contributed by atoms with van der Waals surface area (Å²) in [5.74, 6) is 0.0624. The molecule has 0 radical (unpaired) electrons. The van der Waals surface area contributed by atoms with Crippen molar-refractivity contribution in [2.45, 2.75) is 18.8 Å². The van der Waals surface area contributed by atoms with Gasteiger partial charge in [-0.15, -0.1) is 0 Å². The lowest BCUT2D eigenvalue weighted by Crippen LogP contribution is -2.35. The van der Waals surface area contributed by atoms with Gasteiger partial charge in [0, 0.05) is 38.6 Å². The third kappa shape index (κ3) is 3.28. The van der Waals surface area contributed by atoms with Crippen LogP contribution in [0.3, 0.4) is 0 Å². The van der Waals surface area contributed by atoms with Crippen LogP contribution in [0, 0.1) is 3.57 Å². The summed E-state index contributed by atoms with van der Waals surface area (Å²) in [6.45, 7) is 0.685. The highest BCUT2D eigenvalue weighted by atomic mass is 127. The fraction of sp³-hybridized carbons (Fsp3) is 0.167. The second kappa shape index (κ2) is 7.26. The van der Waals surface area contributed by atoms with E-state index in [0.717, 1.165) is 32.4 Å². The number of hydrogen-bond donors (Lipinski definition) is 0. The van der Waals surface area contributed by atoms with E-state index in [1.165, 1.54) is 0 Å². The molecule has 3 nitrogen and oxygen atoms in total. The molecule has 3 aromatic carbocycles. The van der Waals surface area contributed by atoms with Crippen LogP contribution in [0.5, 0.6) is 0 Å². The molecular weight excluding hydrogens is 497 g/mol. The average molecular weight is 514 g/mol. The number of rotatable bonds is 3. The maximum absolute atomic E-state index is 13.2. The smallest absolute Gasteiger partial charge is 0.227 e. The van der Waals surface area contributed by atoms with Gasteiger partial charge in [-0.05, 0) is 94.2 Å². The number of carbonyl (C=O) groups is 2. The largest absolute Gasteiger partial charge is 0.311 e. The van der Waals surface area contributed by atoms with E-state index in [4.69, 9.17) is 11.6 Å². The second-order valence-corrected chi connectivity index (χ2v) is 9.20. The molecule has 1 atom stereocenters. The molecule has 2 heterocycles. The first-order valence-electron chi connectivity index (χ1n) is 9.54. The Morgan fingerprint density at radius 2 is 1.83 bits per heavy atom. The molecule has 0 saturated carbocycles. The van der Waals surface area contributed by atoms with Crippen molar-refractivity contribution in [3.8, 4) is 0 Å². The van der Waals surface area contributed by atoms with Gasteiger partial charge in [0.05, 0.1) is 5.69 Å². The summed E-state index contributed by atoms with van der Waals surface area (Å²) in [5.41, 5.74) is 5.50. The first-order chi connectivity index (χ1) is 14.0. The van der Waals surface area contributed by atoms with Crippen LogP contribution in [0.2, 0.25) is 5.02 Å². The second-order valence-electron chi connectivity index (χ2n) is 7.52. The van der Waals surface area contributed by atoms with Gasteiger partial charge in [0.25, 0.3) is 0 Å². The molecule has 144 valence electrons. The highest BCUT2D eigenvalue weighted by molar-refractivity contribution is 14.1. The van der Waals surface area contributed by atoms with Crippen molar-refractivity contribution in [1.29, 1.82) is 0 Å². The Balaban J connectivity index is 1.65. The summed E-state index contributed by atoms with van der Waals surface area (Å²) in [6, 6.07) is 19.3. The molecule has 0 spiro atoms. The Hall–Kier alpha value is -2.18. The van der Waals surface area contributed by atoms with Gasteiger partial charge in [0.2, 0.25) is 5.91 Å². The summed E-state index contributed by atoms with van der Waals surface area (Å²) in [6.07, 6.45) is 1.18. The van der Waals surface area contributed by atoms with Gasteiger partial charge in [-0.3, -0.25) is 9.59 Å². The molecule has 0 fully saturated rings. The number of halogens is 2. The van der Waals surface area contributed by atoms with Crippen molar-refractivity contribution < 1.29 is 9.59 Å². The normalized spacial score (nSPS) is 17.4. The molecular formula is C24H17ClINO2. The molecule has 0 bridgehead atoms. The molecule has 0 saturated heterocycles. The quantitative estimate of drug-likeness (QED) is 0.338. The Kier molecular flexibility index (Phi) is 4.71. The number of hydrogen-bond acceptors (Lipinski definition) is 2. The lowest BCUT2D eigenvalue weighted by atomic mass is 9.82. The zero-order valence-corrected chi connectivity index (χ0v) is 18.4. The predicted octanol–water partition coefficient (Wildman–Crippen LogP) is 5.60. The highest BCUT2D eigenvalue weighted by Gasteiger charge is 2.37. The van der Waals surface area contributed by atoms with Gasteiger partial charge in [-0.2, -0.15) is 0 Å². The molecule has 0 aromatic heterocycles. The highest BCUT2D eigenvalue weighted by Crippen LogP contribution is 2.45. The summed E-state index contributed by atoms with van der Waals surface area (Å²) >= 11 is 8.46. The summed E-state index contributed by atoms with van der Waals surface area (Å²) in [5, 5.41) is 0.653. The molecule has 5 heteroatoms. The lowest BCUT2D eigenvalue weighted by molar-refractivity contribution is -0.119. The molecule has 1 unspecified atom stereocenters. The van der Waals surface area contributed by atoms with Crippen LogP contribution in [0.4, 0.5) is 5.69 Å². The molecule has 2 aliphatic heterocycles. The van der Waals surface area contributed by atoms with Gasteiger partial charge < -0.3 is 4.90 Å². The van der Waals surface area contributed by atoms with Gasteiger partial charge in [0.15, 0.2) is 5.78 Å². The van der Waals surface area contributed by atoms with Crippen LogP contribution >= 0.6 is 34.2 Å². The van der Waals surface area contributed by atoms with E-state index in [1.54, 1.807) is 0 Å². The summed E-state index contributed by atoms with van der Waals surface area (Å²) in [7, 11) is 0. The first-order valence-corrected chi connectivity index (χ1v) is 11.0. The molecule has 2 aliphatic rings. The summed E-state index contributed by atoms with van der Waals surface area (Å²) < 4.78 is 1.10. The minimum Gasteiger partial charge on any atom is -0.311 e. The van der Waals surface area contributed by atoms with Crippen LogP contribution in [0.1, 0.15) is 45.0 Å². The van der Waals surface area contributed by atoms with Gasteiger partial charge in [-0.1, -0.05) is 23.7 Å². The van der Waals surface area contributed by atoms with E-state index < -0.39 is 0 Å². The fourth-order valence-electron chi connectivity index (χ4n) is 4.41. The van der Waals surface area contributed by atoms with Crippen LogP contribution in [0.15, 0.2) is 60.7 Å². The molecule has 1 amide bonds. The maximum Gasteiger partial charge on any atom is 0.227 e. The first kappa shape index (κ1) is 18.8. The average Bonchev–Trinajstić information content (AvgIpc) is 3.16. The van der Waals surface area contributed by atoms with Crippen molar-refractivity contribution in [2.24, 2.45) is 0 Å². The topological polar surface area (TPSA) is 37.4 Å². The number of nitrogens with zero attached hydrogens (tertiary/aromatic N) is 1. The zero-order chi connectivity index (χ0) is 20.1. The van der Waals surface area contributed by atoms with E-state index in [9.17, 15) is 9.59 Å². The van der Waals surface area contributed by atoms with Gasteiger partial charge in [0.1, 0.15) is 0 Å². The third-order valence-corrected chi connectivity index (χ3v) is 6.72. The Bertz CT molecular complexity index is 1160. The molecule has 29 heavy (non-hydrogen) atoms. The minimum atomic E-state index is -0.0891. The van der Waals surface area contributed by atoms with Crippen molar-refractivity contribution >= 4 is 51.6 Å². The van der Waals surface area contributed by atoms with Crippen LogP contribution in [-0.2, 0) is 11.2 Å². The number of anilines is 1. The number of carbonyl (C=O) groups excluding carboxylic acids is 2. The van der Waals surface area contributed by atoms with Crippen LogP contribution in [0.25, 0.3) is 0 Å². The van der Waals surface area contributed by atoms with E-state index >= 15 is 0 Å². The van der Waals surface area contributed by atoms with Crippen molar-refractivity contribution in [3.63, 3.8) is 0 Å².